The van der Waals surface area contributed by atoms with Crippen molar-refractivity contribution in [3.8, 4) is 0 Å². The molecule has 0 aromatic heterocycles. The molecule has 82 heavy (non-hydrogen) atoms. The average molecular weight is 1160 g/mol. The van der Waals surface area contributed by atoms with Crippen LogP contribution < -0.4 is 5.32 Å². The zero-order valence-electron chi connectivity index (χ0n) is 51.2. The van der Waals surface area contributed by atoms with Gasteiger partial charge in [-0.05, 0) is 83.5 Å². The number of hydrogen-bond donors (Lipinski definition) is 9. The van der Waals surface area contributed by atoms with Gasteiger partial charge in [-0.1, -0.05) is 240 Å². The summed E-state index contributed by atoms with van der Waals surface area (Å²) in [6, 6.07) is -0.965. The van der Waals surface area contributed by atoms with E-state index >= 15 is 0 Å². The van der Waals surface area contributed by atoms with Gasteiger partial charge in [0.2, 0.25) is 5.91 Å². The fourth-order valence-electron chi connectivity index (χ4n) is 10.3. The summed E-state index contributed by atoms with van der Waals surface area (Å²) in [5.74, 6) is -0.296. The van der Waals surface area contributed by atoms with Crippen LogP contribution in [0.5, 0.6) is 0 Å². The lowest BCUT2D eigenvalue weighted by Crippen LogP contribution is -2.65. The normalized spacial score (nSPS) is 24.5. The summed E-state index contributed by atoms with van der Waals surface area (Å²) in [6.45, 7) is 2.63. The molecule has 2 aliphatic rings. The molecule has 14 nitrogen and oxygen atoms in total. The molecule has 474 valence electrons. The Morgan fingerprint density at radius 3 is 1.34 bits per heavy atom. The molecule has 0 saturated carbocycles. The van der Waals surface area contributed by atoms with Crippen LogP contribution in [-0.4, -0.2) is 140 Å². The van der Waals surface area contributed by atoms with Crippen molar-refractivity contribution in [1.29, 1.82) is 0 Å². The first-order valence-electron chi connectivity index (χ1n) is 32.8. The first kappa shape index (κ1) is 75.3. The Hall–Kier alpha value is -2.83. The summed E-state index contributed by atoms with van der Waals surface area (Å²) < 4.78 is 22.7. The number of nitrogens with one attached hydrogen (secondary N) is 1. The number of allylic oxidation sites excluding steroid dienone is 13. The van der Waals surface area contributed by atoms with Crippen LogP contribution in [-0.2, 0) is 23.7 Å². The number of aliphatic hydroxyl groups excluding tert-OH is 8. The van der Waals surface area contributed by atoms with Gasteiger partial charge < -0.3 is 65.1 Å². The van der Waals surface area contributed by atoms with Gasteiger partial charge in [-0.25, -0.2) is 0 Å². The largest absolute Gasteiger partial charge is 0.394 e. The third-order valence-corrected chi connectivity index (χ3v) is 15.5. The summed E-state index contributed by atoms with van der Waals surface area (Å²) in [4.78, 5) is 13.2. The highest BCUT2D eigenvalue weighted by molar-refractivity contribution is 5.76. The highest BCUT2D eigenvalue weighted by Gasteiger charge is 2.51. The third-order valence-electron chi connectivity index (χ3n) is 15.5. The molecule has 1 amide bonds. The van der Waals surface area contributed by atoms with E-state index in [2.05, 4.69) is 92.1 Å². The molecule has 0 aromatic rings. The Bertz CT molecular complexity index is 1700. The molecule has 9 N–H and O–H groups in total. The van der Waals surface area contributed by atoms with Crippen LogP contribution in [0.15, 0.2) is 85.1 Å². The minimum Gasteiger partial charge on any atom is -0.394 e. The van der Waals surface area contributed by atoms with Crippen molar-refractivity contribution in [3.05, 3.63) is 85.1 Å². The summed E-state index contributed by atoms with van der Waals surface area (Å²) in [5, 5.41) is 87.1. The van der Waals surface area contributed by atoms with E-state index in [1.54, 1.807) is 6.08 Å². The Kier molecular flexibility index (Phi) is 48.2. The molecule has 12 unspecified atom stereocenters. The highest BCUT2D eigenvalue weighted by Crippen LogP contribution is 2.30. The van der Waals surface area contributed by atoms with E-state index in [-0.39, 0.29) is 18.9 Å². The van der Waals surface area contributed by atoms with Crippen LogP contribution in [0.25, 0.3) is 0 Å². The number of rotatable bonds is 52. The van der Waals surface area contributed by atoms with Crippen LogP contribution in [0.1, 0.15) is 245 Å². The molecule has 2 heterocycles. The Morgan fingerprint density at radius 2 is 0.854 bits per heavy atom. The van der Waals surface area contributed by atoms with Crippen molar-refractivity contribution in [3.63, 3.8) is 0 Å². The van der Waals surface area contributed by atoms with E-state index in [1.807, 2.05) is 6.08 Å². The zero-order valence-corrected chi connectivity index (χ0v) is 51.2. The molecule has 0 aromatic carbocycles. The molecule has 0 radical (unpaired) electrons. The number of carbonyl (C=O) groups excluding carboxylic acids is 1. The van der Waals surface area contributed by atoms with Gasteiger partial charge >= 0.3 is 0 Å². The van der Waals surface area contributed by atoms with E-state index in [0.717, 1.165) is 64.2 Å². The van der Waals surface area contributed by atoms with E-state index in [1.165, 1.54) is 148 Å². The smallest absolute Gasteiger partial charge is 0.220 e. The van der Waals surface area contributed by atoms with Crippen LogP contribution >= 0.6 is 0 Å². The van der Waals surface area contributed by atoms with Crippen LogP contribution in [0.3, 0.4) is 0 Å². The van der Waals surface area contributed by atoms with Crippen molar-refractivity contribution in [2.24, 2.45) is 0 Å². The highest BCUT2D eigenvalue weighted by atomic mass is 16.7. The number of carbonyl (C=O) groups is 1. The quantitative estimate of drug-likeness (QED) is 0.0204. The summed E-state index contributed by atoms with van der Waals surface area (Å²) in [7, 11) is 0. The number of hydrogen-bond acceptors (Lipinski definition) is 13. The minimum atomic E-state index is -1.80. The van der Waals surface area contributed by atoms with Gasteiger partial charge in [0.05, 0.1) is 32.0 Å². The van der Waals surface area contributed by atoms with Crippen LogP contribution in [0.4, 0.5) is 0 Å². The third kappa shape index (κ3) is 36.9. The maximum atomic E-state index is 13.2. The minimum absolute atomic E-state index is 0.213. The summed E-state index contributed by atoms with van der Waals surface area (Å²) in [6.07, 6.45) is 55.2. The summed E-state index contributed by atoms with van der Waals surface area (Å²) in [5.41, 5.74) is 0. The predicted octanol–water partition coefficient (Wildman–Crippen LogP) is 12.4. The first-order valence-corrected chi connectivity index (χ1v) is 32.8. The van der Waals surface area contributed by atoms with Crippen molar-refractivity contribution in [2.45, 2.75) is 319 Å². The summed E-state index contributed by atoms with van der Waals surface area (Å²) >= 11 is 0. The van der Waals surface area contributed by atoms with Gasteiger partial charge in [-0.3, -0.25) is 4.79 Å². The lowest BCUT2D eigenvalue weighted by Gasteiger charge is -2.46. The monoisotopic (exact) mass is 1160 g/mol. The lowest BCUT2D eigenvalue weighted by molar-refractivity contribution is -0.359. The molecule has 2 aliphatic heterocycles. The van der Waals surface area contributed by atoms with Gasteiger partial charge in [-0.2, -0.15) is 0 Å². The fourth-order valence-corrected chi connectivity index (χ4v) is 10.3. The molecule has 14 heteroatoms. The topological polar surface area (TPSA) is 228 Å². The van der Waals surface area contributed by atoms with Crippen molar-refractivity contribution >= 4 is 5.91 Å². The Morgan fingerprint density at radius 1 is 0.451 bits per heavy atom. The first-order chi connectivity index (χ1) is 40.1. The van der Waals surface area contributed by atoms with E-state index < -0.39 is 86.8 Å². The van der Waals surface area contributed by atoms with Crippen molar-refractivity contribution < 1.29 is 64.6 Å². The van der Waals surface area contributed by atoms with E-state index in [0.29, 0.717) is 12.8 Å². The van der Waals surface area contributed by atoms with Crippen molar-refractivity contribution in [2.75, 3.05) is 19.8 Å². The Labute approximate surface area is 497 Å². The molecule has 12 atom stereocenters. The molecular formula is C68H119NO13. The molecular weight excluding hydrogens is 1040 g/mol. The second-order valence-electron chi connectivity index (χ2n) is 22.8. The molecule has 0 aliphatic carbocycles. The lowest BCUT2D eigenvalue weighted by atomic mass is 9.97. The van der Waals surface area contributed by atoms with Gasteiger partial charge in [-0.15, -0.1) is 0 Å². The van der Waals surface area contributed by atoms with Gasteiger partial charge in [0.15, 0.2) is 12.6 Å². The average Bonchev–Trinajstić information content (AvgIpc) is 3.53. The van der Waals surface area contributed by atoms with Crippen molar-refractivity contribution in [1.82, 2.24) is 5.32 Å². The van der Waals surface area contributed by atoms with Gasteiger partial charge in [0.25, 0.3) is 0 Å². The van der Waals surface area contributed by atoms with Crippen LogP contribution in [0, 0.1) is 0 Å². The van der Waals surface area contributed by atoms with E-state index in [4.69, 9.17) is 18.9 Å². The number of aliphatic hydroxyl groups is 8. The number of unbranched alkanes of at least 4 members (excludes halogenated alkanes) is 27. The Balaban J connectivity index is 1.70. The molecule has 0 spiro atoms. The van der Waals surface area contributed by atoms with E-state index in [9.17, 15) is 45.6 Å². The zero-order chi connectivity index (χ0) is 59.5. The SMILES string of the molecule is CC/C=C\C/C=C\C/C=C\C/C=C\CCCCC(=O)NC(COC1OC(CO)C(OC2OC(CO)C(O)C(O)C2O)C(O)C1O)C(O)/C=C/CC/C=C/CC/C=C/CCCCCCCCCCCCCCCCCCCCCCCCC. The number of amides is 1. The van der Waals surface area contributed by atoms with Gasteiger partial charge in [0.1, 0.15) is 48.8 Å². The maximum absolute atomic E-state index is 13.2. The molecule has 2 saturated heterocycles. The molecule has 0 bridgehead atoms. The number of ether oxygens (including phenoxy) is 4. The molecule has 2 fully saturated rings. The predicted molar refractivity (Wildman–Crippen MR) is 332 cm³/mol. The second-order valence-corrected chi connectivity index (χ2v) is 22.8. The van der Waals surface area contributed by atoms with Gasteiger partial charge in [0, 0.05) is 6.42 Å². The molecule has 2 rings (SSSR count). The fraction of sp³-hybridized carbons (Fsp3) is 0.779. The standard InChI is InChI=1S/C68H119NO13/c1-3-5-7-9-11-13-15-17-19-20-21-22-23-24-25-26-27-28-29-30-31-32-33-34-35-36-38-39-41-43-45-47-49-51-57(72)56(69-60(73)52-50-48-46-44-42-40-37-18-16-14-12-10-8-6-4-2)55-79-67-65(78)63(76)66(59(54-71)81-67)82-68-64(77)62(75)61(74)58(53-70)80-68/h6,8,12,14,18,35-37,41-44,49,51,56-59,61-68,70-72,74-78H,3-5,7,9-11,13,15-17,19-34,38-40,45-48,50,52-55H2,1-2H3,(H,69,73)/b8-6-,14-12-,36-35+,37-18-,43-41+,44-42-,51-49+. The second kappa shape index (κ2) is 52.5. The van der Waals surface area contributed by atoms with Crippen LogP contribution in [0.2, 0.25) is 0 Å². The maximum Gasteiger partial charge on any atom is 0.220 e.